The Hall–Kier alpha value is -4.04. The van der Waals surface area contributed by atoms with E-state index in [0.29, 0.717) is 23.1 Å². The third-order valence-corrected chi connectivity index (χ3v) is 5.08. The number of aryl methyl sites for hydroxylation is 1. The fourth-order valence-electron chi connectivity index (χ4n) is 3.12. The Labute approximate surface area is 189 Å². The summed E-state index contributed by atoms with van der Waals surface area (Å²) in [4.78, 5) is 25.9. The zero-order valence-corrected chi connectivity index (χ0v) is 17.8. The predicted octanol–water partition coefficient (Wildman–Crippen LogP) is 5.87. The van der Waals surface area contributed by atoms with Gasteiger partial charge >= 0.3 is 11.6 Å². The highest BCUT2D eigenvalue weighted by Crippen LogP contribution is 2.39. The molecule has 0 fully saturated rings. The lowest BCUT2D eigenvalue weighted by atomic mass is 10.2. The number of nitrogens with zero attached hydrogens (tertiary/aromatic N) is 5. The molecule has 0 N–H and O–H groups in total. The Morgan fingerprint density at radius 3 is 2.50 bits per heavy atom. The highest BCUT2D eigenvalue weighted by Gasteiger charge is 2.30. The molecule has 0 aliphatic heterocycles. The number of halogens is 1. The van der Waals surface area contributed by atoms with E-state index in [1.165, 1.54) is 6.33 Å². The van der Waals surface area contributed by atoms with Gasteiger partial charge < -0.3 is 9.64 Å². The molecule has 0 saturated heterocycles. The van der Waals surface area contributed by atoms with Crippen LogP contribution in [0.1, 0.15) is 11.1 Å². The number of ether oxygens (including phenoxy) is 1. The van der Waals surface area contributed by atoms with Crippen LogP contribution in [0.25, 0.3) is 0 Å². The van der Waals surface area contributed by atoms with Crippen LogP contribution in [-0.4, -0.2) is 19.9 Å². The van der Waals surface area contributed by atoms with Crippen molar-refractivity contribution in [3.05, 3.63) is 106 Å². The summed E-state index contributed by atoms with van der Waals surface area (Å²) in [7, 11) is 0. The lowest BCUT2D eigenvalue weighted by Gasteiger charge is -2.22. The van der Waals surface area contributed by atoms with Crippen molar-refractivity contribution in [3.8, 4) is 11.6 Å². The van der Waals surface area contributed by atoms with Crippen LogP contribution in [0.3, 0.4) is 0 Å². The molecule has 0 atom stereocenters. The third kappa shape index (κ3) is 4.65. The SMILES string of the molecule is Cc1cc(Oc2ncnc(N(Cc3ccccc3)c3ccccn3)c2[N+](=O)[O-])ccc1Cl. The Morgan fingerprint density at radius 1 is 1.03 bits per heavy atom. The van der Waals surface area contributed by atoms with Gasteiger partial charge in [0.25, 0.3) is 0 Å². The molecule has 0 amide bonds. The Balaban J connectivity index is 1.81. The molecule has 2 heterocycles. The topological polar surface area (TPSA) is 94.3 Å². The zero-order chi connectivity index (χ0) is 22.5. The molecule has 0 spiro atoms. The minimum Gasteiger partial charge on any atom is -0.434 e. The van der Waals surface area contributed by atoms with Crippen molar-refractivity contribution in [1.29, 1.82) is 0 Å². The molecule has 32 heavy (non-hydrogen) atoms. The van der Waals surface area contributed by atoms with Crippen molar-refractivity contribution in [2.75, 3.05) is 4.90 Å². The molecule has 0 bridgehead atoms. The molecular formula is C23H18ClN5O3. The molecule has 2 aromatic carbocycles. The molecule has 4 rings (SSSR count). The second-order valence-corrected chi connectivity index (χ2v) is 7.29. The number of rotatable bonds is 7. The van der Waals surface area contributed by atoms with Gasteiger partial charge in [0.05, 0.1) is 11.5 Å². The molecule has 0 unspecified atom stereocenters. The molecule has 0 saturated carbocycles. The average Bonchev–Trinajstić information content (AvgIpc) is 2.81. The number of pyridine rings is 1. The number of hydrogen-bond acceptors (Lipinski definition) is 7. The van der Waals surface area contributed by atoms with E-state index >= 15 is 0 Å². The van der Waals surface area contributed by atoms with Crippen LogP contribution in [0.15, 0.2) is 79.3 Å². The Morgan fingerprint density at radius 2 is 1.81 bits per heavy atom. The van der Waals surface area contributed by atoms with Gasteiger partial charge in [-0.3, -0.25) is 10.1 Å². The maximum Gasteiger partial charge on any atom is 0.373 e. The second-order valence-electron chi connectivity index (χ2n) is 6.88. The first-order chi connectivity index (χ1) is 15.5. The molecule has 2 aromatic heterocycles. The quantitative estimate of drug-likeness (QED) is 0.258. The summed E-state index contributed by atoms with van der Waals surface area (Å²) in [5, 5.41) is 12.7. The maximum atomic E-state index is 12.1. The normalized spacial score (nSPS) is 10.6. The lowest BCUT2D eigenvalue weighted by molar-refractivity contribution is -0.385. The van der Waals surface area contributed by atoms with Crippen LogP contribution < -0.4 is 9.64 Å². The minimum atomic E-state index is -0.547. The van der Waals surface area contributed by atoms with Gasteiger partial charge in [-0.25, -0.2) is 9.97 Å². The van der Waals surface area contributed by atoms with E-state index in [4.69, 9.17) is 16.3 Å². The molecule has 9 heteroatoms. The summed E-state index contributed by atoms with van der Waals surface area (Å²) in [5.41, 5.74) is 1.35. The number of aromatic nitrogens is 3. The zero-order valence-electron chi connectivity index (χ0n) is 17.1. The Bertz CT molecular complexity index is 1240. The smallest absolute Gasteiger partial charge is 0.373 e. The van der Waals surface area contributed by atoms with Gasteiger partial charge in [-0.05, 0) is 48.4 Å². The first-order valence-electron chi connectivity index (χ1n) is 9.69. The molecule has 0 aliphatic carbocycles. The van der Waals surface area contributed by atoms with E-state index < -0.39 is 4.92 Å². The summed E-state index contributed by atoms with van der Waals surface area (Å²) >= 11 is 6.07. The van der Waals surface area contributed by atoms with E-state index in [-0.39, 0.29) is 17.4 Å². The number of nitro groups is 1. The maximum absolute atomic E-state index is 12.1. The van der Waals surface area contributed by atoms with Gasteiger partial charge in [0.2, 0.25) is 5.82 Å². The summed E-state index contributed by atoms with van der Waals surface area (Å²) in [5.74, 6) is 0.794. The standard InChI is InChI=1S/C23H18ClN5O3/c1-16-13-18(10-11-19(16)24)32-23-21(29(30)31)22(26-15-27-23)28(20-9-5-6-12-25-20)14-17-7-3-2-4-8-17/h2-13,15H,14H2,1H3. The van der Waals surface area contributed by atoms with Crippen molar-refractivity contribution in [2.24, 2.45) is 0 Å². The Kier molecular flexibility index (Phi) is 6.23. The van der Waals surface area contributed by atoms with Crippen LogP contribution in [0.2, 0.25) is 5.02 Å². The van der Waals surface area contributed by atoms with Crippen LogP contribution in [0.5, 0.6) is 11.6 Å². The van der Waals surface area contributed by atoms with Crippen LogP contribution in [0.4, 0.5) is 17.3 Å². The fourth-order valence-corrected chi connectivity index (χ4v) is 3.24. The molecule has 0 aliphatic rings. The van der Waals surface area contributed by atoms with Crippen molar-refractivity contribution in [2.45, 2.75) is 13.5 Å². The van der Waals surface area contributed by atoms with Crippen LogP contribution in [-0.2, 0) is 6.54 Å². The monoisotopic (exact) mass is 447 g/mol. The van der Waals surface area contributed by atoms with Gasteiger partial charge in [-0.15, -0.1) is 0 Å². The van der Waals surface area contributed by atoms with Gasteiger partial charge in [0.1, 0.15) is 17.9 Å². The van der Waals surface area contributed by atoms with Crippen LogP contribution >= 0.6 is 11.6 Å². The largest absolute Gasteiger partial charge is 0.434 e. The molecule has 0 radical (unpaired) electrons. The molecular weight excluding hydrogens is 430 g/mol. The lowest BCUT2D eigenvalue weighted by Crippen LogP contribution is -2.20. The molecule has 160 valence electrons. The highest BCUT2D eigenvalue weighted by molar-refractivity contribution is 6.31. The van der Waals surface area contributed by atoms with Gasteiger partial charge in [0.15, 0.2) is 0 Å². The van der Waals surface area contributed by atoms with Gasteiger partial charge in [-0.1, -0.05) is 48.0 Å². The van der Waals surface area contributed by atoms with Gasteiger partial charge in [-0.2, -0.15) is 4.98 Å². The van der Waals surface area contributed by atoms with E-state index in [1.54, 1.807) is 47.5 Å². The number of anilines is 2. The highest BCUT2D eigenvalue weighted by atomic mass is 35.5. The van der Waals surface area contributed by atoms with E-state index in [2.05, 4.69) is 15.0 Å². The molecule has 8 nitrogen and oxygen atoms in total. The third-order valence-electron chi connectivity index (χ3n) is 4.66. The van der Waals surface area contributed by atoms with E-state index in [1.807, 2.05) is 37.3 Å². The van der Waals surface area contributed by atoms with Gasteiger partial charge in [0, 0.05) is 11.2 Å². The van der Waals surface area contributed by atoms with Crippen LogP contribution in [0, 0.1) is 17.0 Å². The van der Waals surface area contributed by atoms with E-state index in [0.717, 1.165) is 11.1 Å². The average molecular weight is 448 g/mol. The van der Waals surface area contributed by atoms with Crippen molar-refractivity contribution in [3.63, 3.8) is 0 Å². The first kappa shape index (κ1) is 21.2. The number of hydrogen-bond donors (Lipinski definition) is 0. The van der Waals surface area contributed by atoms with Crippen molar-refractivity contribution >= 4 is 28.9 Å². The minimum absolute atomic E-state index is 0.0771. The summed E-state index contributed by atoms with van der Waals surface area (Å²) < 4.78 is 5.79. The molecule has 4 aromatic rings. The fraction of sp³-hybridized carbons (Fsp3) is 0.0870. The van der Waals surface area contributed by atoms with Crippen molar-refractivity contribution in [1.82, 2.24) is 15.0 Å². The first-order valence-corrected chi connectivity index (χ1v) is 10.1. The summed E-state index contributed by atoms with van der Waals surface area (Å²) in [6, 6.07) is 19.9. The summed E-state index contributed by atoms with van der Waals surface area (Å²) in [6.07, 6.45) is 2.86. The number of benzene rings is 2. The summed E-state index contributed by atoms with van der Waals surface area (Å²) in [6.45, 7) is 2.13. The van der Waals surface area contributed by atoms with Crippen molar-refractivity contribution < 1.29 is 9.66 Å². The second kappa shape index (κ2) is 9.40. The van der Waals surface area contributed by atoms with E-state index in [9.17, 15) is 10.1 Å². The predicted molar refractivity (Wildman–Crippen MR) is 121 cm³/mol.